The highest BCUT2D eigenvalue weighted by molar-refractivity contribution is 5.91. The van der Waals surface area contributed by atoms with Gasteiger partial charge in [-0.25, -0.2) is 9.59 Å². The lowest BCUT2D eigenvalue weighted by atomic mass is 9.73. The Morgan fingerprint density at radius 2 is 1.91 bits per heavy atom. The maximum absolute atomic E-state index is 12.1. The molecule has 118 valence electrons. The van der Waals surface area contributed by atoms with E-state index in [2.05, 4.69) is 0 Å². The lowest BCUT2D eigenvalue weighted by molar-refractivity contribution is -0.174. The largest absolute Gasteiger partial charge is 0.481 e. The van der Waals surface area contributed by atoms with E-state index >= 15 is 0 Å². The van der Waals surface area contributed by atoms with Crippen molar-refractivity contribution >= 4 is 18.0 Å². The summed E-state index contributed by atoms with van der Waals surface area (Å²) in [7, 11) is 0. The predicted octanol–water partition coefficient (Wildman–Crippen LogP) is 1.57. The van der Waals surface area contributed by atoms with Crippen LogP contribution in [0.25, 0.3) is 0 Å². The van der Waals surface area contributed by atoms with Gasteiger partial charge in [-0.2, -0.15) is 0 Å². The Morgan fingerprint density at radius 1 is 1.27 bits per heavy atom. The van der Waals surface area contributed by atoms with E-state index in [1.807, 2.05) is 6.07 Å². The predicted molar refractivity (Wildman–Crippen MR) is 75.1 cm³/mol. The normalized spacial score (nSPS) is 23.5. The van der Waals surface area contributed by atoms with E-state index in [9.17, 15) is 19.5 Å². The number of carbonyl (C=O) groups is 3. The first-order valence-electron chi connectivity index (χ1n) is 6.81. The number of nitrogens with zero attached hydrogens (tertiary/aromatic N) is 1. The standard InChI is InChI=1S/C15H17NO6/c1-10-8-16(15(10,13(19)20)7-12(17)18)14(21)22-9-11-5-3-2-4-6-11/h2-6,10H,7-9H2,1H3,(H,17,18)(H,19,20). The molecule has 1 heterocycles. The number of ether oxygens (including phenoxy) is 1. The minimum absolute atomic E-state index is 0.00727. The Balaban J connectivity index is 2.08. The average molecular weight is 307 g/mol. The Labute approximate surface area is 127 Å². The fourth-order valence-electron chi connectivity index (χ4n) is 2.68. The van der Waals surface area contributed by atoms with Gasteiger partial charge >= 0.3 is 18.0 Å². The highest BCUT2D eigenvalue weighted by atomic mass is 16.6. The number of carbonyl (C=O) groups excluding carboxylic acids is 1. The molecule has 0 bridgehead atoms. The highest BCUT2D eigenvalue weighted by Gasteiger charge is 2.61. The molecule has 2 N–H and O–H groups in total. The molecule has 2 atom stereocenters. The van der Waals surface area contributed by atoms with Gasteiger partial charge < -0.3 is 14.9 Å². The maximum atomic E-state index is 12.1. The number of benzene rings is 1. The minimum atomic E-state index is -1.74. The van der Waals surface area contributed by atoms with Crippen LogP contribution in [-0.2, 0) is 20.9 Å². The van der Waals surface area contributed by atoms with Gasteiger partial charge in [0, 0.05) is 12.5 Å². The van der Waals surface area contributed by atoms with Crippen LogP contribution in [0.4, 0.5) is 4.79 Å². The fourth-order valence-corrected chi connectivity index (χ4v) is 2.68. The van der Waals surface area contributed by atoms with E-state index < -0.39 is 35.9 Å². The molecule has 0 saturated carbocycles. The number of hydrogen-bond donors (Lipinski definition) is 2. The molecule has 7 nitrogen and oxygen atoms in total. The molecule has 1 aromatic carbocycles. The Kier molecular flexibility index (Phi) is 4.35. The summed E-state index contributed by atoms with van der Waals surface area (Å²) in [4.78, 5) is 35.6. The van der Waals surface area contributed by atoms with Crippen molar-refractivity contribution in [3.63, 3.8) is 0 Å². The molecule has 1 aliphatic heterocycles. The van der Waals surface area contributed by atoms with Crippen LogP contribution in [0.15, 0.2) is 30.3 Å². The molecular weight excluding hydrogens is 290 g/mol. The second kappa shape index (κ2) is 6.05. The Morgan fingerprint density at radius 3 is 2.41 bits per heavy atom. The van der Waals surface area contributed by atoms with E-state index in [1.54, 1.807) is 31.2 Å². The first-order valence-corrected chi connectivity index (χ1v) is 6.81. The summed E-state index contributed by atoms with van der Waals surface area (Å²) < 4.78 is 5.10. The quantitative estimate of drug-likeness (QED) is 0.855. The van der Waals surface area contributed by atoms with Crippen LogP contribution in [-0.4, -0.2) is 45.2 Å². The molecule has 1 aliphatic rings. The summed E-state index contributed by atoms with van der Waals surface area (Å²) in [6, 6.07) is 8.95. The van der Waals surface area contributed by atoms with Gasteiger partial charge in [-0.1, -0.05) is 37.3 Å². The van der Waals surface area contributed by atoms with Crippen molar-refractivity contribution in [2.24, 2.45) is 5.92 Å². The van der Waals surface area contributed by atoms with E-state index in [1.165, 1.54) is 0 Å². The van der Waals surface area contributed by atoms with Crippen LogP contribution in [0, 0.1) is 5.92 Å². The van der Waals surface area contributed by atoms with Crippen LogP contribution in [0.5, 0.6) is 0 Å². The number of rotatable bonds is 5. The van der Waals surface area contributed by atoms with Gasteiger partial charge in [-0.3, -0.25) is 9.69 Å². The molecule has 1 aromatic rings. The number of hydrogen-bond acceptors (Lipinski definition) is 4. The monoisotopic (exact) mass is 307 g/mol. The van der Waals surface area contributed by atoms with Crippen LogP contribution in [0.2, 0.25) is 0 Å². The van der Waals surface area contributed by atoms with Gasteiger partial charge in [0.15, 0.2) is 5.54 Å². The smallest absolute Gasteiger partial charge is 0.411 e. The first kappa shape index (κ1) is 15.8. The maximum Gasteiger partial charge on any atom is 0.411 e. The topological polar surface area (TPSA) is 104 Å². The fraction of sp³-hybridized carbons (Fsp3) is 0.400. The van der Waals surface area contributed by atoms with Crippen LogP contribution >= 0.6 is 0 Å². The molecule has 1 fully saturated rings. The molecule has 1 amide bonds. The number of amides is 1. The summed E-state index contributed by atoms with van der Waals surface area (Å²) in [5, 5.41) is 18.3. The van der Waals surface area contributed by atoms with E-state index in [0.717, 1.165) is 10.5 Å². The summed E-state index contributed by atoms with van der Waals surface area (Å²) >= 11 is 0. The molecule has 0 aromatic heterocycles. The van der Waals surface area contributed by atoms with Crippen molar-refractivity contribution in [3.8, 4) is 0 Å². The molecule has 0 spiro atoms. The number of carboxylic acids is 2. The van der Waals surface area contributed by atoms with Gasteiger partial charge in [0.1, 0.15) is 6.61 Å². The number of likely N-dealkylation sites (tertiary alicyclic amines) is 1. The molecule has 22 heavy (non-hydrogen) atoms. The number of carboxylic acid groups (broad SMARTS) is 2. The third-order valence-corrected chi connectivity index (χ3v) is 3.97. The summed E-state index contributed by atoms with van der Waals surface area (Å²) in [6.07, 6.45) is -1.46. The average Bonchev–Trinajstić information content (AvgIpc) is 2.48. The Bertz CT molecular complexity index is 587. The van der Waals surface area contributed by atoms with Gasteiger partial charge in [0.25, 0.3) is 0 Å². The molecule has 0 aliphatic carbocycles. The van der Waals surface area contributed by atoms with Crippen molar-refractivity contribution in [3.05, 3.63) is 35.9 Å². The van der Waals surface area contributed by atoms with Crippen molar-refractivity contribution in [2.75, 3.05) is 6.54 Å². The zero-order valence-corrected chi connectivity index (χ0v) is 12.1. The summed E-state index contributed by atoms with van der Waals surface area (Å²) in [5.74, 6) is -3.05. The van der Waals surface area contributed by atoms with Gasteiger partial charge in [-0.05, 0) is 5.56 Å². The van der Waals surface area contributed by atoms with Gasteiger partial charge in [0.05, 0.1) is 6.42 Å². The number of aliphatic carboxylic acids is 2. The molecule has 1 saturated heterocycles. The SMILES string of the molecule is CC1CN(C(=O)OCc2ccccc2)C1(CC(=O)O)C(=O)O. The molecular formula is C15H17NO6. The van der Waals surface area contributed by atoms with E-state index in [4.69, 9.17) is 9.84 Å². The van der Waals surface area contributed by atoms with Crippen LogP contribution in [0.3, 0.4) is 0 Å². The molecule has 2 rings (SSSR count). The minimum Gasteiger partial charge on any atom is -0.481 e. The summed E-state index contributed by atoms with van der Waals surface area (Å²) in [6.45, 7) is 1.78. The van der Waals surface area contributed by atoms with Crippen molar-refractivity contribution in [1.82, 2.24) is 4.90 Å². The molecule has 2 unspecified atom stereocenters. The lowest BCUT2D eigenvalue weighted by Crippen LogP contribution is -2.72. The van der Waals surface area contributed by atoms with Crippen LogP contribution in [0.1, 0.15) is 18.9 Å². The van der Waals surface area contributed by atoms with E-state index in [0.29, 0.717) is 0 Å². The second-order valence-electron chi connectivity index (χ2n) is 5.35. The lowest BCUT2D eigenvalue weighted by Gasteiger charge is -2.52. The van der Waals surface area contributed by atoms with Crippen LogP contribution < -0.4 is 0 Å². The van der Waals surface area contributed by atoms with Crippen molar-refractivity contribution in [1.29, 1.82) is 0 Å². The van der Waals surface area contributed by atoms with E-state index in [-0.39, 0.29) is 13.2 Å². The Hall–Kier alpha value is -2.57. The van der Waals surface area contributed by atoms with Crippen molar-refractivity contribution in [2.45, 2.75) is 25.5 Å². The van der Waals surface area contributed by atoms with Gasteiger partial charge in [-0.15, -0.1) is 0 Å². The highest BCUT2D eigenvalue weighted by Crippen LogP contribution is 2.40. The zero-order valence-electron chi connectivity index (χ0n) is 12.1. The third-order valence-electron chi connectivity index (χ3n) is 3.97. The van der Waals surface area contributed by atoms with Gasteiger partial charge in [0.2, 0.25) is 0 Å². The summed E-state index contributed by atoms with van der Waals surface area (Å²) in [5.41, 5.74) is -0.969. The molecule has 0 radical (unpaired) electrons. The first-order chi connectivity index (χ1) is 10.4. The second-order valence-corrected chi connectivity index (χ2v) is 5.35. The third kappa shape index (κ3) is 2.74. The van der Waals surface area contributed by atoms with Crippen molar-refractivity contribution < 1.29 is 29.3 Å². The molecule has 7 heteroatoms. The zero-order chi connectivity index (χ0) is 16.3.